The van der Waals surface area contributed by atoms with Gasteiger partial charge in [-0.05, 0) is 50.0 Å². The van der Waals surface area contributed by atoms with Crippen molar-refractivity contribution in [3.05, 3.63) is 47.5 Å². The first-order valence-electron chi connectivity index (χ1n) is 17.2. The van der Waals surface area contributed by atoms with E-state index in [1.54, 1.807) is 18.2 Å². The number of halogens is 2. The Hall–Kier alpha value is -4.11. The summed E-state index contributed by atoms with van der Waals surface area (Å²) in [5.74, 6) is 2.12. The fourth-order valence-corrected chi connectivity index (χ4v) is 8.57. The van der Waals surface area contributed by atoms with E-state index in [2.05, 4.69) is 21.0 Å². The molecule has 9 nitrogen and oxygen atoms in total. The van der Waals surface area contributed by atoms with Crippen molar-refractivity contribution in [2.24, 2.45) is 5.41 Å². The van der Waals surface area contributed by atoms with Crippen LogP contribution < -0.4 is 19.7 Å². The summed E-state index contributed by atoms with van der Waals surface area (Å²) in [5.41, 5.74) is 0.597. The number of aromatic nitrogens is 3. The Morgan fingerprint density at radius 1 is 1.06 bits per heavy atom. The first-order chi connectivity index (χ1) is 23.4. The van der Waals surface area contributed by atoms with Gasteiger partial charge in [0.1, 0.15) is 34.8 Å². The number of terminal acetylenes is 1. The Kier molecular flexibility index (Phi) is 6.28. The number of hydrogen-bond acceptors (Lipinski definition) is 9. The Morgan fingerprint density at radius 2 is 1.96 bits per heavy atom. The second-order valence-corrected chi connectivity index (χ2v) is 14.7. The van der Waals surface area contributed by atoms with E-state index in [1.165, 1.54) is 6.07 Å². The molecule has 1 N–H and O–H groups in total. The zero-order valence-corrected chi connectivity index (χ0v) is 26.6. The Balaban J connectivity index is 1.08. The number of morpholine rings is 1. The van der Waals surface area contributed by atoms with Gasteiger partial charge < -0.3 is 24.4 Å². The molecule has 0 amide bonds. The van der Waals surface area contributed by atoms with Crippen molar-refractivity contribution >= 4 is 27.5 Å². The van der Waals surface area contributed by atoms with E-state index >= 15 is 4.39 Å². The first-order valence-corrected chi connectivity index (χ1v) is 17.2. The molecule has 6 heterocycles. The van der Waals surface area contributed by atoms with Crippen LogP contribution in [-0.4, -0.2) is 89.6 Å². The minimum absolute atomic E-state index is 0.000281. The summed E-state index contributed by atoms with van der Waals surface area (Å²) >= 11 is 0. The Labute approximate surface area is 277 Å². The third-order valence-corrected chi connectivity index (χ3v) is 11.5. The van der Waals surface area contributed by atoms with Crippen LogP contribution in [0.25, 0.3) is 32.9 Å². The van der Waals surface area contributed by atoms with Crippen molar-refractivity contribution in [3.8, 4) is 35.5 Å². The average Bonchev–Trinajstić information content (AvgIpc) is 4.01. The molecule has 4 aliphatic heterocycles. The van der Waals surface area contributed by atoms with E-state index in [-0.39, 0.29) is 51.8 Å². The van der Waals surface area contributed by atoms with Gasteiger partial charge in [0.05, 0.1) is 30.4 Å². The largest absolute Gasteiger partial charge is 0.475 e. The van der Waals surface area contributed by atoms with E-state index in [9.17, 15) is 4.39 Å². The number of hydrogen-bond donors (Lipinski definition) is 1. The highest BCUT2D eigenvalue weighted by molar-refractivity contribution is 6.03. The highest BCUT2D eigenvalue weighted by Crippen LogP contribution is 2.49. The van der Waals surface area contributed by atoms with E-state index in [1.807, 2.05) is 6.07 Å². The topological polar surface area (TPSA) is 84.9 Å². The van der Waals surface area contributed by atoms with E-state index in [4.69, 9.17) is 35.6 Å². The van der Waals surface area contributed by atoms with Gasteiger partial charge in [-0.1, -0.05) is 30.2 Å². The summed E-state index contributed by atoms with van der Waals surface area (Å²) in [4.78, 5) is 19.2. The predicted octanol–water partition coefficient (Wildman–Crippen LogP) is 4.83. The lowest BCUT2D eigenvalue weighted by molar-refractivity contribution is -0.0532. The fourth-order valence-electron chi connectivity index (χ4n) is 8.57. The quantitative estimate of drug-likeness (QED) is 0.295. The molecule has 2 bridgehead atoms. The van der Waals surface area contributed by atoms with Crippen molar-refractivity contribution in [2.45, 2.75) is 62.3 Å². The number of anilines is 1. The highest BCUT2D eigenvalue weighted by Gasteiger charge is 2.51. The number of pyridine rings is 1. The summed E-state index contributed by atoms with van der Waals surface area (Å²) < 4.78 is 50.9. The van der Waals surface area contributed by atoms with Gasteiger partial charge in [0.2, 0.25) is 5.88 Å². The van der Waals surface area contributed by atoms with Gasteiger partial charge in [-0.15, -0.1) is 6.42 Å². The summed E-state index contributed by atoms with van der Waals surface area (Å²) in [6.07, 6.45) is 12.3. The number of rotatable bonds is 6. The van der Waals surface area contributed by atoms with Crippen LogP contribution in [0.1, 0.15) is 44.1 Å². The molecule has 2 aliphatic carbocycles. The average molecular weight is 651 g/mol. The molecule has 0 radical (unpaired) electrons. The van der Waals surface area contributed by atoms with Crippen LogP contribution in [-0.2, 0) is 4.74 Å². The fraction of sp³-hybridized carbons (Fsp3) is 0.486. The van der Waals surface area contributed by atoms with Gasteiger partial charge in [0, 0.05) is 54.6 Å². The maximum absolute atomic E-state index is 17.1. The maximum atomic E-state index is 17.1. The predicted molar refractivity (Wildman–Crippen MR) is 176 cm³/mol. The van der Waals surface area contributed by atoms with Gasteiger partial charge in [0.15, 0.2) is 5.82 Å². The van der Waals surface area contributed by atoms with E-state index in [0.29, 0.717) is 46.8 Å². The number of fused-ring (bicyclic) bond motifs is 6. The third kappa shape index (κ3) is 4.56. The standard InChI is InChI=1S/C37H36F2N6O3/c1-2-23-25(38)8-6-21-4-3-5-24(28(21)23)31-30(39)32-29-33(45-16-22-7-9-26(40-22)27(45)17-46-34(29)41-31)43-35(42-32)47-20-36(10-11-36)18-44-14-15-48-37(19-44)12-13-37/h1,3-6,8,22,26-27,40H,7,9-20H2/t22-,26+,27+/m0/s1. The molecule has 0 unspecified atom stereocenters. The molecule has 2 aromatic heterocycles. The first kappa shape index (κ1) is 28.9. The molecule has 3 saturated heterocycles. The molecule has 2 saturated carbocycles. The second kappa shape index (κ2) is 10.4. The number of nitrogens with zero attached hydrogens (tertiary/aromatic N) is 5. The number of ether oxygens (including phenoxy) is 3. The zero-order valence-electron chi connectivity index (χ0n) is 26.6. The molecule has 3 atom stereocenters. The van der Waals surface area contributed by atoms with Gasteiger partial charge in [0.25, 0.3) is 0 Å². The van der Waals surface area contributed by atoms with Gasteiger partial charge in [-0.2, -0.15) is 9.97 Å². The molecule has 1 spiro atoms. The summed E-state index contributed by atoms with van der Waals surface area (Å²) in [6.45, 7) is 5.14. The minimum Gasteiger partial charge on any atom is -0.475 e. The van der Waals surface area contributed by atoms with Crippen molar-refractivity contribution in [3.63, 3.8) is 0 Å². The van der Waals surface area contributed by atoms with Crippen molar-refractivity contribution in [1.29, 1.82) is 0 Å². The second-order valence-electron chi connectivity index (χ2n) is 14.7. The molecule has 48 heavy (non-hydrogen) atoms. The summed E-state index contributed by atoms with van der Waals surface area (Å²) in [5, 5.41) is 5.26. The maximum Gasteiger partial charge on any atom is 0.319 e. The van der Waals surface area contributed by atoms with Crippen LogP contribution in [0.3, 0.4) is 0 Å². The molecule has 6 aliphatic rings. The Morgan fingerprint density at radius 3 is 2.79 bits per heavy atom. The monoisotopic (exact) mass is 650 g/mol. The molecular formula is C37H36F2N6O3. The molecule has 4 aromatic rings. The van der Waals surface area contributed by atoms with Crippen molar-refractivity contribution in [1.82, 2.24) is 25.2 Å². The smallest absolute Gasteiger partial charge is 0.319 e. The number of piperazine rings is 1. The van der Waals surface area contributed by atoms with Crippen LogP contribution in [0.15, 0.2) is 30.3 Å². The van der Waals surface area contributed by atoms with Crippen LogP contribution in [0.2, 0.25) is 0 Å². The van der Waals surface area contributed by atoms with Crippen molar-refractivity contribution < 1.29 is 23.0 Å². The zero-order chi connectivity index (χ0) is 32.2. The number of benzene rings is 2. The summed E-state index contributed by atoms with van der Waals surface area (Å²) in [7, 11) is 0. The Bertz CT molecular complexity index is 2040. The molecule has 246 valence electrons. The lowest BCUT2D eigenvalue weighted by Crippen LogP contribution is -2.60. The van der Waals surface area contributed by atoms with Gasteiger partial charge >= 0.3 is 6.01 Å². The lowest BCUT2D eigenvalue weighted by atomic mass is 9.96. The molecule has 11 heteroatoms. The SMILES string of the molecule is C#Cc1c(F)ccc2cccc(-c3nc4c5c(nc(OCC6(CN7CCOC8(CC8)C7)CC6)nc5c3F)N3C[C@@H]5CC[C@@H](N5)[C@H]3CO4)c12. The van der Waals surface area contributed by atoms with Crippen LogP contribution in [0.5, 0.6) is 11.9 Å². The number of nitrogens with one attached hydrogen (secondary N) is 1. The molecular weight excluding hydrogens is 614 g/mol. The molecule has 2 aromatic carbocycles. The van der Waals surface area contributed by atoms with Crippen molar-refractivity contribution in [2.75, 3.05) is 50.9 Å². The van der Waals surface area contributed by atoms with Gasteiger partial charge in [-0.3, -0.25) is 4.90 Å². The van der Waals surface area contributed by atoms with E-state index < -0.39 is 11.6 Å². The molecule has 5 fully saturated rings. The lowest BCUT2D eigenvalue weighted by Gasteiger charge is -2.40. The van der Waals surface area contributed by atoms with Crippen LogP contribution in [0.4, 0.5) is 14.6 Å². The van der Waals surface area contributed by atoms with Crippen LogP contribution in [0, 0.1) is 29.4 Å². The molecule has 10 rings (SSSR count). The minimum atomic E-state index is -0.647. The third-order valence-electron chi connectivity index (χ3n) is 11.5. The van der Waals surface area contributed by atoms with Gasteiger partial charge in [-0.25, -0.2) is 13.8 Å². The van der Waals surface area contributed by atoms with E-state index in [0.717, 1.165) is 71.3 Å². The van der Waals surface area contributed by atoms with Crippen LogP contribution >= 0.6 is 0 Å². The normalized spacial score (nSPS) is 26.2. The highest BCUT2D eigenvalue weighted by atomic mass is 19.1. The summed E-state index contributed by atoms with van der Waals surface area (Å²) in [6, 6.07) is 8.96.